The van der Waals surface area contributed by atoms with Crippen LogP contribution in [0.1, 0.15) is 24.5 Å². The van der Waals surface area contributed by atoms with Crippen molar-refractivity contribution in [3.63, 3.8) is 0 Å². The number of anilines is 2. The van der Waals surface area contributed by atoms with E-state index in [0.717, 1.165) is 22.9 Å². The monoisotopic (exact) mass is 331 g/mol. The second-order valence-electron chi connectivity index (χ2n) is 5.33. The van der Waals surface area contributed by atoms with Crippen LogP contribution < -0.4 is 4.90 Å². The lowest BCUT2D eigenvalue weighted by atomic mass is 9.96. The van der Waals surface area contributed by atoms with Gasteiger partial charge in [-0.2, -0.15) is 0 Å². The molecular formula is C17H18BrNO. The molecule has 0 spiro atoms. The van der Waals surface area contributed by atoms with E-state index in [0.29, 0.717) is 6.04 Å². The van der Waals surface area contributed by atoms with E-state index < -0.39 is 0 Å². The highest BCUT2D eigenvalue weighted by Crippen LogP contribution is 2.40. The number of halogens is 1. The van der Waals surface area contributed by atoms with Gasteiger partial charge in [-0.1, -0.05) is 24.3 Å². The topological polar surface area (TPSA) is 23.5 Å². The molecule has 1 aliphatic heterocycles. The quantitative estimate of drug-likeness (QED) is 0.880. The maximum absolute atomic E-state index is 9.24. The third-order valence-electron chi connectivity index (χ3n) is 3.98. The first-order chi connectivity index (χ1) is 9.70. The lowest BCUT2D eigenvalue weighted by Gasteiger charge is -2.37. The molecule has 3 heteroatoms. The molecule has 1 unspecified atom stereocenters. The maximum atomic E-state index is 9.24. The number of hydrogen-bond acceptors (Lipinski definition) is 2. The van der Waals surface area contributed by atoms with Gasteiger partial charge in [-0.15, -0.1) is 0 Å². The molecule has 1 N–H and O–H groups in total. The van der Waals surface area contributed by atoms with Crippen molar-refractivity contribution in [1.82, 2.24) is 0 Å². The maximum Gasteiger partial charge on any atom is 0.0682 e. The van der Waals surface area contributed by atoms with Crippen LogP contribution in [0.4, 0.5) is 11.4 Å². The van der Waals surface area contributed by atoms with Crippen molar-refractivity contribution >= 4 is 27.3 Å². The zero-order valence-corrected chi connectivity index (χ0v) is 13.1. The number of rotatable bonds is 2. The first kappa shape index (κ1) is 13.7. The van der Waals surface area contributed by atoms with E-state index in [1.807, 2.05) is 12.1 Å². The Labute approximate surface area is 128 Å². The normalized spacial score (nSPS) is 17.9. The number of aliphatic hydroxyl groups is 1. The molecule has 0 radical (unpaired) electrons. The van der Waals surface area contributed by atoms with Crippen molar-refractivity contribution in [3.05, 3.63) is 58.1 Å². The van der Waals surface area contributed by atoms with E-state index in [-0.39, 0.29) is 6.61 Å². The van der Waals surface area contributed by atoms with E-state index in [2.05, 4.69) is 58.1 Å². The third kappa shape index (κ3) is 2.36. The van der Waals surface area contributed by atoms with Crippen LogP contribution in [0.3, 0.4) is 0 Å². The van der Waals surface area contributed by atoms with E-state index in [1.165, 1.54) is 16.9 Å². The second kappa shape index (κ2) is 5.58. The van der Waals surface area contributed by atoms with Crippen LogP contribution in [-0.2, 0) is 13.0 Å². The molecule has 1 aliphatic rings. The van der Waals surface area contributed by atoms with E-state index >= 15 is 0 Å². The Hall–Kier alpha value is -1.32. The van der Waals surface area contributed by atoms with Crippen LogP contribution in [0.2, 0.25) is 0 Å². The predicted molar refractivity (Wildman–Crippen MR) is 86.4 cm³/mol. The minimum Gasteiger partial charge on any atom is -0.392 e. The molecule has 0 amide bonds. The summed E-state index contributed by atoms with van der Waals surface area (Å²) in [5, 5.41) is 9.24. The summed E-state index contributed by atoms with van der Waals surface area (Å²) in [6.07, 6.45) is 2.30. The minimum absolute atomic E-state index is 0.0744. The van der Waals surface area contributed by atoms with Gasteiger partial charge in [0.2, 0.25) is 0 Å². The molecule has 20 heavy (non-hydrogen) atoms. The average Bonchev–Trinajstić information content (AvgIpc) is 2.48. The van der Waals surface area contributed by atoms with Crippen LogP contribution in [0.25, 0.3) is 0 Å². The van der Waals surface area contributed by atoms with Gasteiger partial charge < -0.3 is 10.0 Å². The molecule has 2 aromatic carbocycles. The number of benzene rings is 2. The Morgan fingerprint density at radius 1 is 1.20 bits per heavy atom. The number of hydrogen-bond donors (Lipinski definition) is 1. The summed E-state index contributed by atoms with van der Waals surface area (Å²) in [5.41, 5.74) is 4.80. The van der Waals surface area contributed by atoms with Gasteiger partial charge in [0.05, 0.1) is 12.3 Å². The van der Waals surface area contributed by atoms with Crippen LogP contribution in [-0.4, -0.2) is 11.1 Å². The summed E-state index contributed by atoms with van der Waals surface area (Å²) >= 11 is 3.65. The van der Waals surface area contributed by atoms with Crippen molar-refractivity contribution in [2.45, 2.75) is 32.4 Å². The standard InChI is InChI=1S/C17H18BrNO/c1-12-6-8-14-4-2-3-5-16(14)19(12)17-9-7-13(11-20)10-15(17)18/h2-5,7,9-10,12,20H,6,8,11H2,1H3. The molecule has 104 valence electrons. The summed E-state index contributed by atoms with van der Waals surface area (Å²) < 4.78 is 1.03. The smallest absolute Gasteiger partial charge is 0.0682 e. The van der Waals surface area contributed by atoms with Crippen LogP contribution >= 0.6 is 15.9 Å². The Kier molecular flexibility index (Phi) is 3.81. The highest BCUT2D eigenvalue weighted by atomic mass is 79.9. The van der Waals surface area contributed by atoms with Crippen molar-refractivity contribution < 1.29 is 5.11 Å². The first-order valence-electron chi connectivity index (χ1n) is 6.97. The Morgan fingerprint density at radius 2 is 2.00 bits per heavy atom. The average molecular weight is 332 g/mol. The SMILES string of the molecule is CC1CCc2ccccc2N1c1ccc(CO)cc1Br. The van der Waals surface area contributed by atoms with E-state index in [4.69, 9.17) is 0 Å². The number of fused-ring (bicyclic) bond motifs is 1. The van der Waals surface area contributed by atoms with Gasteiger partial charge in [0.15, 0.2) is 0 Å². The molecule has 1 atom stereocenters. The fourth-order valence-electron chi connectivity index (χ4n) is 2.90. The molecule has 0 aromatic heterocycles. The Balaban J connectivity index is 2.09. The number of para-hydroxylation sites is 1. The van der Waals surface area contributed by atoms with Gasteiger partial charge in [-0.05, 0) is 65.0 Å². The number of nitrogens with zero attached hydrogens (tertiary/aromatic N) is 1. The number of aliphatic hydroxyl groups excluding tert-OH is 1. The molecule has 0 saturated heterocycles. The molecule has 3 rings (SSSR count). The Bertz CT molecular complexity index is 626. The molecule has 2 nitrogen and oxygen atoms in total. The zero-order valence-electron chi connectivity index (χ0n) is 11.5. The van der Waals surface area contributed by atoms with Crippen LogP contribution in [0.5, 0.6) is 0 Å². The summed E-state index contributed by atoms with van der Waals surface area (Å²) in [6.45, 7) is 2.34. The largest absolute Gasteiger partial charge is 0.392 e. The zero-order chi connectivity index (χ0) is 14.1. The molecule has 1 heterocycles. The number of aryl methyl sites for hydroxylation is 1. The molecule has 0 fully saturated rings. The molecule has 0 saturated carbocycles. The predicted octanol–water partition coefficient (Wildman–Crippen LogP) is 4.41. The Morgan fingerprint density at radius 3 is 2.75 bits per heavy atom. The van der Waals surface area contributed by atoms with Crippen molar-refractivity contribution in [2.24, 2.45) is 0 Å². The van der Waals surface area contributed by atoms with Gasteiger partial charge in [0.25, 0.3) is 0 Å². The minimum atomic E-state index is 0.0744. The molecule has 0 bridgehead atoms. The first-order valence-corrected chi connectivity index (χ1v) is 7.76. The molecule has 2 aromatic rings. The lowest BCUT2D eigenvalue weighted by Crippen LogP contribution is -2.33. The molecular weight excluding hydrogens is 314 g/mol. The van der Waals surface area contributed by atoms with Gasteiger partial charge in [0, 0.05) is 16.2 Å². The van der Waals surface area contributed by atoms with Gasteiger partial charge in [-0.3, -0.25) is 0 Å². The van der Waals surface area contributed by atoms with Gasteiger partial charge in [0.1, 0.15) is 0 Å². The second-order valence-corrected chi connectivity index (χ2v) is 6.18. The fourth-order valence-corrected chi connectivity index (χ4v) is 3.52. The van der Waals surface area contributed by atoms with Crippen LogP contribution in [0, 0.1) is 0 Å². The van der Waals surface area contributed by atoms with Crippen molar-refractivity contribution in [1.29, 1.82) is 0 Å². The van der Waals surface area contributed by atoms with Crippen molar-refractivity contribution in [3.8, 4) is 0 Å². The third-order valence-corrected chi connectivity index (χ3v) is 4.61. The summed E-state index contributed by atoms with van der Waals surface area (Å²) in [6, 6.07) is 15.2. The highest BCUT2D eigenvalue weighted by molar-refractivity contribution is 9.10. The lowest BCUT2D eigenvalue weighted by molar-refractivity contribution is 0.282. The molecule has 0 aliphatic carbocycles. The van der Waals surface area contributed by atoms with Gasteiger partial charge >= 0.3 is 0 Å². The highest BCUT2D eigenvalue weighted by Gasteiger charge is 2.25. The van der Waals surface area contributed by atoms with Gasteiger partial charge in [-0.25, -0.2) is 0 Å². The van der Waals surface area contributed by atoms with E-state index in [1.54, 1.807) is 0 Å². The van der Waals surface area contributed by atoms with Crippen molar-refractivity contribution in [2.75, 3.05) is 4.90 Å². The summed E-state index contributed by atoms with van der Waals surface area (Å²) in [4.78, 5) is 2.39. The summed E-state index contributed by atoms with van der Waals surface area (Å²) in [5.74, 6) is 0. The summed E-state index contributed by atoms with van der Waals surface area (Å²) in [7, 11) is 0. The van der Waals surface area contributed by atoms with E-state index in [9.17, 15) is 5.11 Å². The fraction of sp³-hybridized carbons (Fsp3) is 0.294. The van der Waals surface area contributed by atoms with Crippen LogP contribution in [0.15, 0.2) is 46.9 Å².